The Morgan fingerprint density at radius 3 is 2.67 bits per heavy atom. The van der Waals surface area contributed by atoms with Crippen LogP contribution in [0.5, 0.6) is 0 Å². The Labute approximate surface area is 90.9 Å². The molecule has 1 aliphatic rings. The molecular weight excluding hydrogens is 190 g/mol. The highest BCUT2D eigenvalue weighted by molar-refractivity contribution is 4.99. The van der Waals surface area contributed by atoms with E-state index in [1.807, 2.05) is 0 Å². The zero-order chi connectivity index (χ0) is 10.7. The van der Waals surface area contributed by atoms with Crippen LogP contribution < -0.4 is 0 Å². The summed E-state index contributed by atoms with van der Waals surface area (Å²) in [6, 6.07) is 0.378. The topological polar surface area (TPSA) is 32.5 Å². The van der Waals surface area contributed by atoms with Crippen LogP contribution in [0.3, 0.4) is 0 Å². The molecule has 0 N–H and O–H groups in total. The Morgan fingerprint density at radius 1 is 1.40 bits per heavy atom. The third-order valence-electron chi connectivity index (χ3n) is 3.28. The Kier molecular flexibility index (Phi) is 3.38. The van der Waals surface area contributed by atoms with Crippen LogP contribution in [-0.4, -0.2) is 47.5 Å². The van der Waals surface area contributed by atoms with Crippen LogP contribution in [0.1, 0.15) is 25.6 Å². The van der Waals surface area contributed by atoms with Gasteiger partial charge in [0.2, 0.25) is 0 Å². The molecule has 0 spiro atoms. The molecule has 1 aliphatic heterocycles. The van der Waals surface area contributed by atoms with E-state index >= 15 is 0 Å². The van der Waals surface area contributed by atoms with Crippen LogP contribution in [0.2, 0.25) is 0 Å². The molecule has 1 aromatic rings. The van der Waals surface area contributed by atoms with E-state index in [1.54, 1.807) is 6.26 Å². The Hall–Kier alpha value is -0.870. The van der Waals surface area contributed by atoms with Crippen molar-refractivity contribution in [1.29, 1.82) is 0 Å². The molecule has 1 unspecified atom stereocenters. The van der Waals surface area contributed by atoms with Crippen LogP contribution >= 0.6 is 0 Å². The lowest BCUT2D eigenvalue weighted by Crippen LogP contribution is -2.46. The Balaban J connectivity index is 1.90. The molecule has 0 saturated carbocycles. The Morgan fingerprint density at radius 2 is 2.13 bits per heavy atom. The quantitative estimate of drug-likeness (QED) is 0.752. The summed E-state index contributed by atoms with van der Waals surface area (Å²) in [7, 11) is 0. The summed E-state index contributed by atoms with van der Waals surface area (Å²) in [6.45, 7) is 10.2. The van der Waals surface area contributed by atoms with Gasteiger partial charge in [-0.15, -0.1) is 0 Å². The molecule has 1 fully saturated rings. The lowest BCUT2D eigenvalue weighted by Gasteiger charge is -2.36. The maximum atomic E-state index is 5.02. The van der Waals surface area contributed by atoms with Crippen molar-refractivity contribution < 1.29 is 4.42 Å². The predicted molar refractivity (Wildman–Crippen MR) is 58.6 cm³/mol. The largest absolute Gasteiger partial charge is 0.451 e. The third-order valence-corrected chi connectivity index (χ3v) is 3.28. The zero-order valence-electron chi connectivity index (χ0n) is 9.52. The van der Waals surface area contributed by atoms with Crippen molar-refractivity contribution in [3.63, 3.8) is 0 Å². The Bertz CT molecular complexity index is 278. The fourth-order valence-electron chi connectivity index (χ4n) is 2.08. The first-order chi connectivity index (χ1) is 7.31. The molecule has 0 aromatic carbocycles. The van der Waals surface area contributed by atoms with Crippen LogP contribution in [-0.2, 0) is 0 Å². The van der Waals surface area contributed by atoms with Crippen molar-refractivity contribution in [2.45, 2.75) is 19.9 Å². The predicted octanol–water partition coefficient (Wildman–Crippen LogP) is 1.37. The smallest absolute Gasteiger partial charge is 0.180 e. The highest BCUT2D eigenvalue weighted by Gasteiger charge is 2.22. The highest BCUT2D eigenvalue weighted by Crippen LogP contribution is 2.19. The maximum Gasteiger partial charge on any atom is 0.180 e. The summed E-state index contributed by atoms with van der Waals surface area (Å²) in [5.74, 6) is 0. The van der Waals surface area contributed by atoms with Gasteiger partial charge in [0.15, 0.2) is 6.39 Å². The van der Waals surface area contributed by atoms with Crippen LogP contribution in [0.15, 0.2) is 17.1 Å². The monoisotopic (exact) mass is 209 g/mol. The number of oxazole rings is 1. The summed E-state index contributed by atoms with van der Waals surface area (Å²) in [4.78, 5) is 9.15. The second-order valence-electron chi connectivity index (χ2n) is 4.06. The average Bonchev–Trinajstić information content (AvgIpc) is 2.82. The van der Waals surface area contributed by atoms with Crippen LogP contribution in [0.25, 0.3) is 0 Å². The van der Waals surface area contributed by atoms with E-state index in [9.17, 15) is 0 Å². The molecule has 15 heavy (non-hydrogen) atoms. The molecule has 0 amide bonds. The molecule has 0 aliphatic carbocycles. The van der Waals surface area contributed by atoms with Gasteiger partial charge in [-0.05, 0) is 13.5 Å². The van der Waals surface area contributed by atoms with Crippen molar-refractivity contribution in [3.05, 3.63) is 18.4 Å². The fraction of sp³-hybridized carbons (Fsp3) is 0.727. The second-order valence-corrected chi connectivity index (χ2v) is 4.06. The number of likely N-dealkylation sites (N-methyl/N-ethyl adjacent to an activating group) is 1. The number of aromatic nitrogens is 1. The molecule has 1 saturated heterocycles. The van der Waals surface area contributed by atoms with Crippen molar-refractivity contribution >= 4 is 0 Å². The van der Waals surface area contributed by atoms with Crippen molar-refractivity contribution in [2.75, 3.05) is 32.7 Å². The van der Waals surface area contributed by atoms with Gasteiger partial charge in [-0.3, -0.25) is 4.90 Å². The van der Waals surface area contributed by atoms with E-state index < -0.39 is 0 Å². The number of hydrogen-bond acceptors (Lipinski definition) is 4. The number of hydrogen-bond donors (Lipinski definition) is 0. The maximum absolute atomic E-state index is 5.02. The number of nitrogens with zero attached hydrogens (tertiary/aromatic N) is 3. The molecule has 1 atom stereocenters. The average molecular weight is 209 g/mol. The SMILES string of the molecule is CCN1CCN(C(C)c2cocn2)CC1. The van der Waals surface area contributed by atoms with Gasteiger partial charge in [0, 0.05) is 26.2 Å². The van der Waals surface area contributed by atoms with Gasteiger partial charge in [-0.1, -0.05) is 6.92 Å². The van der Waals surface area contributed by atoms with Gasteiger partial charge in [-0.2, -0.15) is 0 Å². The molecule has 4 nitrogen and oxygen atoms in total. The second kappa shape index (κ2) is 4.77. The van der Waals surface area contributed by atoms with Gasteiger partial charge < -0.3 is 9.32 Å². The van der Waals surface area contributed by atoms with Crippen LogP contribution in [0.4, 0.5) is 0 Å². The first-order valence-electron chi connectivity index (χ1n) is 5.65. The lowest BCUT2D eigenvalue weighted by atomic mass is 10.2. The van der Waals surface area contributed by atoms with Gasteiger partial charge in [0.05, 0.1) is 11.7 Å². The summed E-state index contributed by atoms with van der Waals surface area (Å²) in [6.07, 6.45) is 3.25. The van der Waals surface area contributed by atoms with Gasteiger partial charge in [0.1, 0.15) is 6.26 Å². The van der Waals surface area contributed by atoms with E-state index in [2.05, 4.69) is 28.6 Å². The molecule has 4 heteroatoms. The summed E-state index contributed by atoms with van der Waals surface area (Å²) in [5, 5.41) is 0. The highest BCUT2D eigenvalue weighted by atomic mass is 16.3. The minimum Gasteiger partial charge on any atom is -0.451 e. The summed E-state index contributed by atoms with van der Waals surface area (Å²) in [5.41, 5.74) is 1.04. The minimum atomic E-state index is 0.378. The first-order valence-corrected chi connectivity index (χ1v) is 5.65. The first kappa shape index (κ1) is 10.6. The normalized spacial score (nSPS) is 21.7. The molecule has 2 rings (SSSR count). The minimum absolute atomic E-state index is 0.378. The fourth-order valence-corrected chi connectivity index (χ4v) is 2.08. The van der Waals surface area contributed by atoms with Crippen LogP contribution in [0, 0.1) is 0 Å². The van der Waals surface area contributed by atoms with Gasteiger partial charge in [0.25, 0.3) is 0 Å². The molecule has 2 heterocycles. The lowest BCUT2D eigenvalue weighted by molar-refractivity contribution is 0.104. The number of piperazine rings is 1. The number of rotatable bonds is 3. The van der Waals surface area contributed by atoms with E-state index in [-0.39, 0.29) is 0 Å². The van der Waals surface area contributed by atoms with Gasteiger partial charge >= 0.3 is 0 Å². The van der Waals surface area contributed by atoms with Crippen molar-refractivity contribution in [3.8, 4) is 0 Å². The molecule has 84 valence electrons. The molecule has 0 radical (unpaired) electrons. The van der Waals surface area contributed by atoms with E-state index in [4.69, 9.17) is 4.42 Å². The van der Waals surface area contributed by atoms with Gasteiger partial charge in [-0.25, -0.2) is 4.98 Å². The van der Waals surface area contributed by atoms with E-state index in [0.717, 1.165) is 25.3 Å². The third kappa shape index (κ3) is 2.38. The molecule has 0 bridgehead atoms. The van der Waals surface area contributed by atoms with Crippen molar-refractivity contribution in [2.24, 2.45) is 0 Å². The zero-order valence-corrected chi connectivity index (χ0v) is 9.52. The summed E-state index contributed by atoms with van der Waals surface area (Å²) < 4.78 is 5.02. The molecule has 1 aromatic heterocycles. The standard InChI is InChI=1S/C11H19N3O/c1-3-13-4-6-14(7-5-13)10(2)11-8-15-9-12-11/h8-10H,3-7H2,1-2H3. The summed E-state index contributed by atoms with van der Waals surface area (Å²) >= 11 is 0. The molecular formula is C11H19N3O. The van der Waals surface area contributed by atoms with E-state index in [1.165, 1.54) is 19.5 Å². The van der Waals surface area contributed by atoms with Crippen molar-refractivity contribution in [1.82, 2.24) is 14.8 Å². The van der Waals surface area contributed by atoms with E-state index in [0.29, 0.717) is 6.04 Å².